The third kappa shape index (κ3) is 5.48. The summed E-state index contributed by atoms with van der Waals surface area (Å²) in [5.41, 5.74) is 1.53. The first-order valence-electron chi connectivity index (χ1n) is 11.8. The number of hydrogen-bond acceptors (Lipinski definition) is 6. The SMILES string of the molecule is C=CCN1C(=O)NC(c2ccccc2Cl)C(C(=O)OCC)=C1CN1CCN(C(=O)c2cccs2)CC1. The summed E-state index contributed by atoms with van der Waals surface area (Å²) in [6.45, 7) is 8.63. The van der Waals surface area contributed by atoms with Crippen molar-refractivity contribution in [1.29, 1.82) is 0 Å². The molecule has 1 aromatic heterocycles. The predicted molar refractivity (Wildman–Crippen MR) is 140 cm³/mol. The lowest BCUT2D eigenvalue weighted by molar-refractivity contribution is -0.139. The van der Waals surface area contributed by atoms with Gasteiger partial charge in [-0.1, -0.05) is 41.9 Å². The van der Waals surface area contributed by atoms with Crippen LogP contribution >= 0.6 is 22.9 Å². The zero-order valence-electron chi connectivity index (χ0n) is 20.1. The van der Waals surface area contributed by atoms with Gasteiger partial charge in [-0.25, -0.2) is 9.59 Å². The average molecular weight is 529 g/mol. The second kappa shape index (κ2) is 11.7. The number of piperazine rings is 1. The number of halogens is 1. The molecule has 0 bridgehead atoms. The van der Waals surface area contributed by atoms with Gasteiger partial charge < -0.3 is 15.0 Å². The lowest BCUT2D eigenvalue weighted by atomic mass is 9.94. The van der Waals surface area contributed by atoms with Crippen molar-refractivity contribution in [3.8, 4) is 0 Å². The van der Waals surface area contributed by atoms with E-state index in [0.29, 0.717) is 54.6 Å². The molecule has 0 spiro atoms. The normalized spacial score (nSPS) is 18.7. The van der Waals surface area contributed by atoms with Gasteiger partial charge >= 0.3 is 12.0 Å². The summed E-state index contributed by atoms with van der Waals surface area (Å²) in [6, 6.07) is 9.75. The molecule has 1 unspecified atom stereocenters. The lowest BCUT2D eigenvalue weighted by Gasteiger charge is -2.40. The van der Waals surface area contributed by atoms with Gasteiger partial charge in [-0.2, -0.15) is 0 Å². The molecular weight excluding hydrogens is 500 g/mol. The fraction of sp³-hybridized carbons (Fsp3) is 0.346. The Hall–Kier alpha value is -3.14. The first kappa shape index (κ1) is 25.9. The van der Waals surface area contributed by atoms with Gasteiger partial charge in [0.1, 0.15) is 0 Å². The number of esters is 1. The highest BCUT2D eigenvalue weighted by Gasteiger charge is 2.39. The molecule has 0 aliphatic carbocycles. The Morgan fingerprint density at radius 2 is 1.94 bits per heavy atom. The van der Waals surface area contributed by atoms with E-state index in [0.717, 1.165) is 4.88 Å². The highest BCUT2D eigenvalue weighted by atomic mass is 35.5. The summed E-state index contributed by atoms with van der Waals surface area (Å²) in [5, 5.41) is 5.27. The van der Waals surface area contributed by atoms with E-state index in [9.17, 15) is 14.4 Å². The van der Waals surface area contributed by atoms with Crippen LogP contribution < -0.4 is 5.32 Å². The maximum atomic E-state index is 13.3. The molecule has 2 aliphatic heterocycles. The van der Waals surface area contributed by atoms with Gasteiger partial charge in [-0.15, -0.1) is 17.9 Å². The van der Waals surface area contributed by atoms with Crippen LogP contribution in [0.15, 0.2) is 65.7 Å². The molecule has 0 saturated carbocycles. The van der Waals surface area contributed by atoms with E-state index in [1.807, 2.05) is 28.5 Å². The second-order valence-corrected chi connectivity index (χ2v) is 9.78. The number of amides is 3. The highest BCUT2D eigenvalue weighted by molar-refractivity contribution is 7.12. The summed E-state index contributed by atoms with van der Waals surface area (Å²) >= 11 is 7.91. The van der Waals surface area contributed by atoms with Crippen LogP contribution in [-0.4, -0.2) is 78.5 Å². The minimum atomic E-state index is -0.747. The third-order valence-electron chi connectivity index (χ3n) is 6.23. The van der Waals surface area contributed by atoms with Gasteiger partial charge in [0.05, 0.1) is 23.1 Å². The lowest BCUT2D eigenvalue weighted by Crippen LogP contribution is -2.53. The number of benzene rings is 1. The minimum absolute atomic E-state index is 0.0280. The average Bonchev–Trinajstić information content (AvgIpc) is 3.41. The van der Waals surface area contributed by atoms with E-state index in [1.54, 1.807) is 31.2 Å². The molecule has 3 heterocycles. The van der Waals surface area contributed by atoms with Crippen molar-refractivity contribution < 1.29 is 19.1 Å². The van der Waals surface area contributed by atoms with Crippen LogP contribution in [0.5, 0.6) is 0 Å². The number of nitrogens with zero attached hydrogens (tertiary/aromatic N) is 3. The largest absolute Gasteiger partial charge is 0.463 e. The number of nitrogens with one attached hydrogen (secondary N) is 1. The van der Waals surface area contributed by atoms with E-state index >= 15 is 0 Å². The summed E-state index contributed by atoms with van der Waals surface area (Å²) in [4.78, 5) is 45.4. The van der Waals surface area contributed by atoms with Crippen molar-refractivity contribution in [3.05, 3.63) is 81.2 Å². The molecule has 190 valence electrons. The summed E-state index contributed by atoms with van der Waals surface area (Å²) < 4.78 is 5.43. The molecule has 36 heavy (non-hydrogen) atoms. The van der Waals surface area contributed by atoms with Crippen LogP contribution in [0.3, 0.4) is 0 Å². The molecule has 3 amide bonds. The zero-order chi connectivity index (χ0) is 25.7. The molecule has 1 aromatic carbocycles. The smallest absolute Gasteiger partial charge is 0.338 e. The number of rotatable bonds is 8. The quantitative estimate of drug-likeness (QED) is 0.415. The van der Waals surface area contributed by atoms with Gasteiger partial charge in [0.2, 0.25) is 0 Å². The van der Waals surface area contributed by atoms with Crippen LogP contribution in [0, 0.1) is 0 Å². The summed E-state index contributed by atoms with van der Waals surface area (Å²) in [5.74, 6) is -0.474. The Balaban J connectivity index is 1.65. The number of urea groups is 1. The van der Waals surface area contributed by atoms with Crippen LogP contribution in [-0.2, 0) is 9.53 Å². The molecule has 1 fully saturated rings. The molecule has 1 N–H and O–H groups in total. The second-order valence-electron chi connectivity index (χ2n) is 8.43. The number of ether oxygens (including phenoxy) is 1. The van der Waals surface area contributed by atoms with Crippen LogP contribution in [0.25, 0.3) is 0 Å². The molecular formula is C26H29ClN4O4S. The highest BCUT2D eigenvalue weighted by Crippen LogP contribution is 2.35. The first-order chi connectivity index (χ1) is 17.4. The maximum absolute atomic E-state index is 13.3. The molecule has 2 aliphatic rings. The molecule has 1 saturated heterocycles. The van der Waals surface area contributed by atoms with E-state index < -0.39 is 12.0 Å². The van der Waals surface area contributed by atoms with Crippen molar-refractivity contribution in [1.82, 2.24) is 20.0 Å². The Labute approximate surface area is 219 Å². The molecule has 1 atom stereocenters. The zero-order valence-corrected chi connectivity index (χ0v) is 21.7. The van der Waals surface area contributed by atoms with Crippen LogP contribution in [0.1, 0.15) is 28.2 Å². The first-order valence-corrected chi connectivity index (χ1v) is 13.1. The Bertz CT molecular complexity index is 1160. The van der Waals surface area contributed by atoms with Crippen LogP contribution in [0.4, 0.5) is 4.79 Å². The van der Waals surface area contributed by atoms with E-state index in [2.05, 4.69) is 16.8 Å². The molecule has 2 aromatic rings. The van der Waals surface area contributed by atoms with Gasteiger partial charge in [0, 0.05) is 50.0 Å². The number of carbonyl (C=O) groups excluding carboxylic acids is 3. The van der Waals surface area contributed by atoms with Gasteiger partial charge in [-0.3, -0.25) is 14.6 Å². The van der Waals surface area contributed by atoms with Crippen molar-refractivity contribution in [2.75, 3.05) is 45.9 Å². The van der Waals surface area contributed by atoms with E-state index in [4.69, 9.17) is 16.3 Å². The van der Waals surface area contributed by atoms with Crippen molar-refractivity contribution in [2.24, 2.45) is 0 Å². The third-order valence-corrected chi connectivity index (χ3v) is 7.43. The molecule has 4 rings (SSSR count). The van der Waals surface area contributed by atoms with Crippen molar-refractivity contribution in [2.45, 2.75) is 13.0 Å². The topological polar surface area (TPSA) is 82.2 Å². The molecule has 10 heteroatoms. The number of carbonyl (C=O) groups is 3. The monoisotopic (exact) mass is 528 g/mol. The summed E-state index contributed by atoms with van der Waals surface area (Å²) in [6.07, 6.45) is 1.62. The number of thiophene rings is 1. The van der Waals surface area contributed by atoms with Crippen LogP contribution in [0.2, 0.25) is 5.02 Å². The fourth-order valence-electron chi connectivity index (χ4n) is 4.46. The van der Waals surface area contributed by atoms with Gasteiger partial charge in [0.25, 0.3) is 5.91 Å². The summed E-state index contributed by atoms with van der Waals surface area (Å²) in [7, 11) is 0. The van der Waals surface area contributed by atoms with E-state index in [1.165, 1.54) is 16.2 Å². The standard InChI is InChI=1S/C26H29ClN4O4S/c1-3-11-31-20(17-29-12-14-30(15-13-29)24(32)21-10-7-16-36-21)22(25(33)35-4-2)23(28-26(31)34)18-8-5-6-9-19(18)27/h3,5-10,16,23H,1,4,11-15,17H2,2H3,(H,28,34). The van der Waals surface area contributed by atoms with Crippen molar-refractivity contribution in [3.63, 3.8) is 0 Å². The van der Waals surface area contributed by atoms with E-state index in [-0.39, 0.29) is 25.1 Å². The predicted octanol–water partition coefficient (Wildman–Crippen LogP) is 3.93. The Morgan fingerprint density at radius 1 is 1.19 bits per heavy atom. The molecule has 0 radical (unpaired) electrons. The van der Waals surface area contributed by atoms with Gasteiger partial charge in [-0.05, 0) is 30.0 Å². The number of hydrogen-bond donors (Lipinski definition) is 1. The Kier molecular flexibility index (Phi) is 8.45. The van der Waals surface area contributed by atoms with Gasteiger partial charge in [0.15, 0.2) is 0 Å². The maximum Gasteiger partial charge on any atom is 0.338 e. The van der Waals surface area contributed by atoms with Crippen molar-refractivity contribution >= 4 is 40.8 Å². The fourth-order valence-corrected chi connectivity index (χ4v) is 5.40. The molecule has 8 nitrogen and oxygen atoms in total. The Morgan fingerprint density at radius 3 is 2.58 bits per heavy atom. The minimum Gasteiger partial charge on any atom is -0.463 e.